The molecule has 1 aliphatic rings. The van der Waals surface area contributed by atoms with E-state index in [2.05, 4.69) is 16.4 Å². The summed E-state index contributed by atoms with van der Waals surface area (Å²) in [5.41, 5.74) is 4.58. The highest BCUT2D eigenvalue weighted by Gasteiger charge is 2.12. The van der Waals surface area contributed by atoms with Crippen molar-refractivity contribution < 1.29 is 4.74 Å². The number of anilines is 2. The molecule has 0 saturated carbocycles. The van der Waals surface area contributed by atoms with Gasteiger partial charge >= 0.3 is 0 Å². The maximum Gasteiger partial charge on any atom is 0.130 e. The number of halogens is 1. The van der Waals surface area contributed by atoms with Gasteiger partial charge in [-0.05, 0) is 56.0 Å². The largest absolute Gasteiger partial charge is 0.494 e. The minimum absolute atomic E-state index is 0.433. The van der Waals surface area contributed by atoms with E-state index in [4.69, 9.17) is 16.3 Å². The fourth-order valence-corrected chi connectivity index (χ4v) is 2.90. The van der Waals surface area contributed by atoms with Gasteiger partial charge in [-0.1, -0.05) is 6.07 Å². The summed E-state index contributed by atoms with van der Waals surface area (Å²) in [6.45, 7) is 2.61. The van der Waals surface area contributed by atoms with Crippen LogP contribution in [0.1, 0.15) is 30.2 Å². The van der Waals surface area contributed by atoms with E-state index < -0.39 is 0 Å². The first-order valence-corrected chi connectivity index (χ1v) is 7.91. The van der Waals surface area contributed by atoms with Crippen molar-refractivity contribution in [2.75, 3.05) is 11.9 Å². The van der Waals surface area contributed by atoms with Gasteiger partial charge < -0.3 is 10.1 Å². The van der Waals surface area contributed by atoms with E-state index in [0.29, 0.717) is 12.5 Å². The fourth-order valence-electron chi connectivity index (χ4n) is 2.70. The number of nitrogens with zero attached hydrogens (tertiary/aromatic N) is 1. The number of aryl methyl sites for hydroxylation is 2. The van der Waals surface area contributed by atoms with Gasteiger partial charge in [-0.15, -0.1) is 11.6 Å². The first kappa shape index (κ1) is 14.2. The monoisotopic (exact) mass is 302 g/mol. The molecule has 0 spiro atoms. The molecule has 0 amide bonds. The van der Waals surface area contributed by atoms with Crippen LogP contribution in [0, 0.1) is 0 Å². The molecule has 3 nitrogen and oxygen atoms in total. The predicted molar refractivity (Wildman–Crippen MR) is 86.7 cm³/mol. The molecule has 0 saturated heterocycles. The lowest BCUT2D eigenvalue weighted by atomic mass is 10.2. The van der Waals surface area contributed by atoms with Gasteiger partial charge in [0, 0.05) is 16.9 Å². The lowest BCUT2D eigenvalue weighted by Crippen LogP contribution is -1.99. The Kier molecular flexibility index (Phi) is 4.30. The summed E-state index contributed by atoms with van der Waals surface area (Å²) >= 11 is 6.00. The lowest BCUT2D eigenvalue weighted by Gasteiger charge is -2.12. The van der Waals surface area contributed by atoms with Crippen LogP contribution in [-0.4, -0.2) is 11.6 Å². The Bertz CT molecular complexity index is 643. The van der Waals surface area contributed by atoms with E-state index in [1.165, 1.54) is 17.7 Å². The van der Waals surface area contributed by atoms with E-state index in [0.717, 1.165) is 35.7 Å². The molecule has 1 aromatic heterocycles. The zero-order valence-corrected chi connectivity index (χ0v) is 12.9. The lowest BCUT2D eigenvalue weighted by molar-refractivity contribution is 0.337. The highest BCUT2D eigenvalue weighted by atomic mass is 35.5. The summed E-state index contributed by atoms with van der Waals surface area (Å²) in [7, 11) is 0. The predicted octanol–water partition coefficient (Wildman–Crippen LogP) is 4.45. The second kappa shape index (κ2) is 6.35. The quantitative estimate of drug-likeness (QED) is 0.829. The Labute approximate surface area is 130 Å². The maximum atomic E-state index is 6.00. The number of fused-ring (bicyclic) bond motifs is 1. The van der Waals surface area contributed by atoms with Crippen LogP contribution in [0.15, 0.2) is 30.3 Å². The van der Waals surface area contributed by atoms with Crippen LogP contribution in [-0.2, 0) is 18.7 Å². The molecular weight excluding hydrogens is 284 g/mol. The second-order valence-electron chi connectivity index (χ2n) is 5.17. The van der Waals surface area contributed by atoms with Crippen molar-refractivity contribution in [3.05, 3.63) is 47.2 Å². The van der Waals surface area contributed by atoms with Crippen LogP contribution in [0.2, 0.25) is 0 Å². The van der Waals surface area contributed by atoms with Crippen LogP contribution in [0.3, 0.4) is 0 Å². The molecule has 1 heterocycles. The SMILES string of the molecule is CCOc1ccc(Nc2ccc3c(n2)CCC3)cc1CCl. The normalized spacial score (nSPS) is 13.0. The minimum atomic E-state index is 0.433. The molecule has 3 rings (SSSR count). The van der Waals surface area contributed by atoms with Gasteiger partial charge in [-0.25, -0.2) is 4.98 Å². The molecule has 1 aliphatic carbocycles. The molecule has 4 heteroatoms. The van der Waals surface area contributed by atoms with Crippen LogP contribution in [0.4, 0.5) is 11.5 Å². The highest BCUT2D eigenvalue weighted by Crippen LogP contribution is 2.27. The number of rotatable bonds is 5. The number of ether oxygens (including phenoxy) is 1. The zero-order chi connectivity index (χ0) is 14.7. The number of hydrogen-bond acceptors (Lipinski definition) is 3. The van der Waals surface area contributed by atoms with Crippen molar-refractivity contribution in [3.63, 3.8) is 0 Å². The summed E-state index contributed by atoms with van der Waals surface area (Å²) in [6.07, 6.45) is 3.45. The standard InChI is InChI=1S/C17H19ClN2O/c1-2-21-16-8-7-14(10-13(16)11-18)19-17-9-6-12-4-3-5-15(12)20-17/h6-10H,2-5,11H2,1H3,(H,19,20). The Balaban J connectivity index is 1.81. The molecule has 110 valence electrons. The molecule has 1 aromatic carbocycles. The average molecular weight is 303 g/mol. The van der Waals surface area contributed by atoms with E-state index in [1.54, 1.807) is 0 Å². The van der Waals surface area contributed by atoms with E-state index >= 15 is 0 Å². The van der Waals surface area contributed by atoms with Gasteiger partial charge in [0.25, 0.3) is 0 Å². The smallest absolute Gasteiger partial charge is 0.130 e. The maximum absolute atomic E-state index is 6.00. The van der Waals surface area contributed by atoms with Gasteiger partial charge in [0.1, 0.15) is 11.6 Å². The van der Waals surface area contributed by atoms with Crippen LogP contribution >= 0.6 is 11.6 Å². The van der Waals surface area contributed by atoms with E-state index in [9.17, 15) is 0 Å². The third-order valence-corrected chi connectivity index (χ3v) is 3.99. The van der Waals surface area contributed by atoms with Crippen molar-refractivity contribution in [2.45, 2.75) is 32.1 Å². The third kappa shape index (κ3) is 3.13. The minimum Gasteiger partial charge on any atom is -0.494 e. The highest BCUT2D eigenvalue weighted by molar-refractivity contribution is 6.17. The summed E-state index contributed by atoms with van der Waals surface area (Å²) in [4.78, 5) is 4.69. The Hall–Kier alpha value is -1.74. The zero-order valence-electron chi connectivity index (χ0n) is 12.2. The van der Waals surface area contributed by atoms with Crippen LogP contribution in [0.25, 0.3) is 0 Å². The Morgan fingerprint density at radius 2 is 2.14 bits per heavy atom. The molecule has 2 aromatic rings. The number of hydrogen-bond donors (Lipinski definition) is 1. The van der Waals surface area contributed by atoms with Gasteiger partial charge in [0.2, 0.25) is 0 Å². The van der Waals surface area contributed by atoms with Crippen molar-refractivity contribution in [3.8, 4) is 5.75 Å². The van der Waals surface area contributed by atoms with Gasteiger partial charge in [-0.3, -0.25) is 0 Å². The van der Waals surface area contributed by atoms with Crippen molar-refractivity contribution in [1.82, 2.24) is 4.98 Å². The van der Waals surface area contributed by atoms with Gasteiger partial charge in [0.05, 0.1) is 12.5 Å². The summed E-state index contributed by atoms with van der Waals surface area (Å²) in [5, 5.41) is 3.35. The third-order valence-electron chi connectivity index (χ3n) is 3.70. The molecule has 1 N–H and O–H groups in total. The number of alkyl halides is 1. The average Bonchev–Trinajstić information content (AvgIpc) is 2.96. The molecule has 0 fully saturated rings. The molecule has 0 radical (unpaired) electrons. The summed E-state index contributed by atoms with van der Waals surface area (Å²) in [5.74, 6) is 2.17. The number of nitrogens with one attached hydrogen (secondary N) is 1. The molecule has 0 unspecified atom stereocenters. The molecule has 0 aliphatic heterocycles. The van der Waals surface area contributed by atoms with Gasteiger partial charge in [-0.2, -0.15) is 0 Å². The summed E-state index contributed by atoms with van der Waals surface area (Å²) in [6, 6.07) is 10.2. The first-order valence-electron chi connectivity index (χ1n) is 7.37. The number of pyridine rings is 1. The molecule has 21 heavy (non-hydrogen) atoms. The summed E-state index contributed by atoms with van der Waals surface area (Å²) < 4.78 is 5.57. The van der Waals surface area contributed by atoms with Crippen LogP contribution in [0.5, 0.6) is 5.75 Å². The molecular formula is C17H19ClN2O. The Morgan fingerprint density at radius 1 is 1.24 bits per heavy atom. The molecule has 0 atom stereocenters. The fraction of sp³-hybridized carbons (Fsp3) is 0.353. The molecule has 0 bridgehead atoms. The Morgan fingerprint density at radius 3 is 2.95 bits per heavy atom. The van der Waals surface area contributed by atoms with Gasteiger partial charge in [0.15, 0.2) is 0 Å². The van der Waals surface area contributed by atoms with Crippen molar-refractivity contribution in [2.24, 2.45) is 0 Å². The number of benzene rings is 1. The first-order chi connectivity index (χ1) is 10.3. The second-order valence-corrected chi connectivity index (χ2v) is 5.44. The van der Waals surface area contributed by atoms with E-state index in [-0.39, 0.29) is 0 Å². The number of aromatic nitrogens is 1. The van der Waals surface area contributed by atoms with Crippen LogP contribution < -0.4 is 10.1 Å². The van der Waals surface area contributed by atoms with E-state index in [1.807, 2.05) is 31.2 Å². The topological polar surface area (TPSA) is 34.1 Å². The van der Waals surface area contributed by atoms with Crippen molar-refractivity contribution in [1.29, 1.82) is 0 Å². The van der Waals surface area contributed by atoms with Crippen molar-refractivity contribution >= 4 is 23.1 Å².